The number of ether oxygens (including phenoxy) is 1. The predicted octanol–water partition coefficient (Wildman–Crippen LogP) is 4.07. The molecule has 0 radical (unpaired) electrons. The van der Waals surface area contributed by atoms with E-state index in [9.17, 15) is 14.7 Å². The first-order chi connectivity index (χ1) is 15.9. The molecule has 2 aromatic rings. The van der Waals surface area contributed by atoms with Gasteiger partial charge < -0.3 is 9.84 Å². The lowest BCUT2D eigenvalue weighted by Crippen LogP contribution is -2.33. The van der Waals surface area contributed by atoms with Gasteiger partial charge in [0.2, 0.25) is 11.8 Å². The molecule has 0 bridgehead atoms. The second-order valence-electron chi connectivity index (χ2n) is 9.25. The third-order valence-corrected chi connectivity index (χ3v) is 7.25. The molecule has 3 aliphatic rings. The first-order valence-corrected chi connectivity index (χ1v) is 11.5. The summed E-state index contributed by atoms with van der Waals surface area (Å²) in [5.41, 5.74) is 5.27. The Hall–Kier alpha value is -3.25. The number of aromatic nitrogens is 1. The number of hydrogen-bond donors (Lipinski definition) is 1. The van der Waals surface area contributed by atoms with E-state index in [2.05, 4.69) is 18.0 Å². The molecular weight excluding hydrogens is 416 g/mol. The van der Waals surface area contributed by atoms with Gasteiger partial charge in [0.15, 0.2) is 0 Å². The second kappa shape index (κ2) is 8.60. The molecule has 1 aromatic carbocycles. The first-order valence-electron chi connectivity index (χ1n) is 11.5. The van der Waals surface area contributed by atoms with E-state index in [-0.39, 0.29) is 41.4 Å². The molecule has 2 amide bonds. The van der Waals surface area contributed by atoms with Gasteiger partial charge in [-0.25, -0.2) is 0 Å². The maximum atomic E-state index is 12.8. The molecule has 0 saturated carbocycles. The van der Waals surface area contributed by atoms with Crippen molar-refractivity contribution in [3.8, 4) is 5.75 Å². The highest BCUT2D eigenvalue weighted by atomic mass is 16.5. The summed E-state index contributed by atoms with van der Waals surface area (Å²) in [6, 6.07) is 13.0. The second-order valence-corrected chi connectivity index (χ2v) is 9.25. The van der Waals surface area contributed by atoms with Crippen molar-refractivity contribution in [2.45, 2.75) is 32.3 Å². The SMILES string of the molecule is CC1=C2[C@@H](CC/C(=C/c3cccc(O)c3)c3ccccn3)OC[C@@H]2[C@@H]2C(=O)N(C)C(=O)[C@@H]2C1. The Morgan fingerprint density at radius 3 is 2.79 bits per heavy atom. The van der Waals surface area contributed by atoms with Crippen molar-refractivity contribution in [1.82, 2.24) is 9.88 Å². The minimum Gasteiger partial charge on any atom is -0.508 e. The van der Waals surface area contributed by atoms with E-state index >= 15 is 0 Å². The number of aromatic hydroxyl groups is 1. The van der Waals surface area contributed by atoms with Crippen LogP contribution in [0.5, 0.6) is 5.75 Å². The van der Waals surface area contributed by atoms with Gasteiger partial charge in [-0.1, -0.05) is 23.8 Å². The summed E-state index contributed by atoms with van der Waals surface area (Å²) in [4.78, 5) is 31.2. The number of phenolic OH excluding ortho intramolecular Hbond substituents is 1. The van der Waals surface area contributed by atoms with Crippen LogP contribution >= 0.6 is 0 Å². The van der Waals surface area contributed by atoms with Crippen LogP contribution < -0.4 is 0 Å². The largest absolute Gasteiger partial charge is 0.508 e. The van der Waals surface area contributed by atoms with E-state index in [1.54, 1.807) is 25.4 Å². The van der Waals surface area contributed by atoms with Gasteiger partial charge in [0, 0.05) is 19.2 Å². The molecule has 1 aliphatic carbocycles. The predicted molar refractivity (Wildman–Crippen MR) is 125 cm³/mol. The van der Waals surface area contributed by atoms with E-state index < -0.39 is 0 Å². The Balaban J connectivity index is 1.40. The zero-order chi connectivity index (χ0) is 23.1. The summed E-state index contributed by atoms with van der Waals surface area (Å²) in [7, 11) is 1.59. The molecule has 0 unspecified atom stereocenters. The Morgan fingerprint density at radius 2 is 2.03 bits per heavy atom. The normalized spacial score (nSPS) is 27.2. The summed E-state index contributed by atoms with van der Waals surface area (Å²) in [6.45, 7) is 2.57. The van der Waals surface area contributed by atoms with Crippen molar-refractivity contribution in [3.05, 3.63) is 71.1 Å². The van der Waals surface area contributed by atoms with Crippen molar-refractivity contribution in [2.24, 2.45) is 17.8 Å². The Kier molecular flexibility index (Phi) is 5.62. The highest BCUT2D eigenvalue weighted by molar-refractivity contribution is 6.05. The minimum atomic E-state index is -0.288. The van der Waals surface area contributed by atoms with Gasteiger partial charge >= 0.3 is 0 Å². The number of carbonyl (C=O) groups is 2. The van der Waals surface area contributed by atoms with Crippen LogP contribution in [0.25, 0.3) is 11.6 Å². The standard InChI is InChI=1S/C27H28N2O4/c1-16-12-20-25(27(32)29(2)26(20)31)21-15-33-23(24(16)21)10-9-18(22-8-3-4-11-28-22)13-17-6-5-7-19(30)14-17/h3-8,11,13-14,20-21,23,25,30H,9-10,12,15H2,1-2H3/b18-13-/t20-,21+,23-,25-/m1/s1. The van der Waals surface area contributed by atoms with Crippen LogP contribution in [0.3, 0.4) is 0 Å². The van der Waals surface area contributed by atoms with Crippen molar-refractivity contribution < 1.29 is 19.4 Å². The lowest BCUT2D eigenvalue weighted by atomic mass is 9.70. The number of likely N-dealkylation sites (tertiary alicyclic amines) is 1. The molecule has 2 fully saturated rings. The number of imide groups is 1. The molecule has 2 aliphatic heterocycles. The third-order valence-electron chi connectivity index (χ3n) is 7.25. The molecular formula is C27H28N2O4. The van der Waals surface area contributed by atoms with Crippen molar-refractivity contribution in [1.29, 1.82) is 0 Å². The molecule has 5 rings (SSSR count). The fraction of sp³-hybridized carbons (Fsp3) is 0.370. The molecule has 170 valence electrons. The number of carbonyl (C=O) groups excluding carboxylic acids is 2. The van der Waals surface area contributed by atoms with Crippen molar-refractivity contribution >= 4 is 23.5 Å². The van der Waals surface area contributed by atoms with Crippen LogP contribution in [0, 0.1) is 17.8 Å². The van der Waals surface area contributed by atoms with E-state index in [1.165, 1.54) is 16.0 Å². The molecule has 3 heterocycles. The highest BCUT2D eigenvalue weighted by Crippen LogP contribution is 2.49. The molecule has 0 spiro atoms. The van der Waals surface area contributed by atoms with Crippen LogP contribution in [-0.2, 0) is 14.3 Å². The van der Waals surface area contributed by atoms with Crippen LogP contribution in [0.15, 0.2) is 59.8 Å². The van der Waals surface area contributed by atoms with Crippen molar-refractivity contribution in [2.75, 3.05) is 13.7 Å². The minimum absolute atomic E-state index is 0.0106. The number of allylic oxidation sites excluding steroid dienone is 2. The van der Waals surface area contributed by atoms with Gasteiger partial charge in [-0.15, -0.1) is 0 Å². The van der Waals surface area contributed by atoms with Crippen LogP contribution in [0.4, 0.5) is 0 Å². The summed E-state index contributed by atoms with van der Waals surface area (Å²) in [5, 5.41) is 9.87. The van der Waals surface area contributed by atoms with E-state index in [4.69, 9.17) is 4.74 Å². The Morgan fingerprint density at radius 1 is 1.18 bits per heavy atom. The number of benzene rings is 1. The highest BCUT2D eigenvalue weighted by Gasteiger charge is 2.55. The van der Waals surface area contributed by atoms with Crippen LogP contribution in [-0.4, -0.2) is 46.6 Å². The number of fused-ring (bicyclic) bond motifs is 3. The molecule has 6 nitrogen and oxygen atoms in total. The van der Waals surface area contributed by atoms with Gasteiger partial charge in [0.05, 0.1) is 30.2 Å². The first kappa shape index (κ1) is 21.6. The van der Waals surface area contributed by atoms with E-state index in [0.717, 1.165) is 29.7 Å². The summed E-state index contributed by atoms with van der Waals surface area (Å²) in [5.74, 6) is -0.439. The average Bonchev–Trinajstić information content (AvgIpc) is 3.33. The number of phenols is 1. The third kappa shape index (κ3) is 3.89. The Bertz CT molecular complexity index is 1150. The number of amides is 2. The van der Waals surface area contributed by atoms with Crippen LogP contribution in [0.2, 0.25) is 0 Å². The smallest absolute Gasteiger partial charge is 0.233 e. The topological polar surface area (TPSA) is 79.7 Å². The van der Waals surface area contributed by atoms with Gasteiger partial charge in [-0.2, -0.15) is 0 Å². The molecule has 1 aromatic heterocycles. The van der Waals surface area contributed by atoms with Gasteiger partial charge in [-0.3, -0.25) is 19.5 Å². The fourth-order valence-electron chi connectivity index (χ4n) is 5.72. The quantitative estimate of drug-likeness (QED) is 0.555. The number of rotatable bonds is 5. The summed E-state index contributed by atoms with van der Waals surface area (Å²) in [6.07, 6.45) is 5.90. The summed E-state index contributed by atoms with van der Waals surface area (Å²) < 4.78 is 6.23. The summed E-state index contributed by atoms with van der Waals surface area (Å²) >= 11 is 0. The fourth-order valence-corrected chi connectivity index (χ4v) is 5.72. The zero-order valence-electron chi connectivity index (χ0n) is 18.9. The molecule has 4 atom stereocenters. The van der Waals surface area contributed by atoms with Gasteiger partial charge in [-0.05, 0) is 73.2 Å². The van der Waals surface area contributed by atoms with Gasteiger partial charge in [0.1, 0.15) is 5.75 Å². The van der Waals surface area contributed by atoms with E-state index in [0.29, 0.717) is 13.0 Å². The lowest BCUT2D eigenvalue weighted by Gasteiger charge is -2.30. The molecule has 1 N–H and O–H groups in total. The number of pyridine rings is 1. The number of hydrogen-bond acceptors (Lipinski definition) is 5. The van der Waals surface area contributed by atoms with Gasteiger partial charge in [0.25, 0.3) is 0 Å². The average molecular weight is 445 g/mol. The van der Waals surface area contributed by atoms with Crippen molar-refractivity contribution in [3.63, 3.8) is 0 Å². The molecule has 6 heteroatoms. The number of nitrogens with zero attached hydrogens (tertiary/aromatic N) is 2. The maximum Gasteiger partial charge on any atom is 0.233 e. The lowest BCUT2D eigenvalue weighted by molar-refractivity contribution is -0.138. The molecule has 2 saturated heterocycles. The maximum absolute atomic E-state index is 12.8. The van der Waals surface area contributed by atoms with E-state index in [1.807, 2.05) is 30.3 Å². The van der Waals surface area contributed by atoms with Crippen LogP contribution in [0.1, 0.15) is 37.4 Å². The monoisotopic (exact) mass is 444 g/mol. The molecule has 33 heavy (non-hydrogen) atoms. The Labute approximate surface area is 193 Å². The zero-order valence-corrected chi connectivity index (χ0v) is 18.9.